The molecular weight excluding hydrogens is 314 g/mol. The number of nitrogens with zero attached hydrogens (tertiary/aromatic N) is 1. The normalized spacial score (nSPS) is 9.89. The summed E-state index contributed by atoms with van der Waals surface area (Å²) >= 11 is 9.41. The van der Waals surface area contributed by atoms with Crippen molar-refractivity contribution in [1.82, 2.24) is 0 Å². The van der Waals surface area contributed by atoms with E-state index in [4.69, 9.17) is 21.6 Å². The lowest BCUT2D eigenvalue weighted by molar-refractivity contribution is 0.481. The van der Waals surface area contributed by atoms with Gasteiger partial charge in [0.25, 0.3) is 0 Å². The summed E-state index contributed by atoms with van der Waals surface area (Å²) in [4.78, 5) is 0. The van der Waals surface area contributed by atoms with Crippen LogP contribution in [0.3, 0.4) is 0 Å². The molecule has 0 aliphatic heterocycles. The first kappa shape index (κ1) is 12.9. The van der Waals surface area contributed by atoms with Crippen molar-refractivity contribution >= 4 is 27.5 Å². The minimum Gasteiger partial charge on any atom is -0.454 e. The summed E-state index contributed by atoms with van der Waals surface area (Å²) in [5.74, 6) is 1.05. The summed E-state index contributed by atoms with van der Waals surface area (Å²) in [5, 5.41) is 9.53. The zero-order chi connectivity index (χ0) is 13.1. The third-order valence-electron chi connectivity index (χ3n) is 2.37. The van der Waals surface area contributed by atoms with E-state index in [-0.39, 0.29) is 0 Å². The number of nitriles is 1. The van der Waals surface area contributed by atoms with Crippen LogP contribution in [0.5, 0.6) is 11.5 Å². The van der Waals surface area contributed by atoms with Crippen LogP contribution in [0.4, 0.5) is 0 Å². The number of rotatable bonds is 2. The van der Waals surface area contributed by atoms with Crippen LogP contribution in [0.25, 0.3) is 0 Å². The molecule has 0 unspecified atom stereocenters. The van der Waals surface area contributed by atoms with E-state index in [1.165, 1.54) is 0 Å². The summed E-state index contributed by atoms with van der Waals surface area (Å²) in [7, 11) is 0. The Balaban J connectivity index is 2.40. The standard InChI is InChI=1S/C14H9BrClNO/c1-9-2-3-10(8-17)14(6-9)18-13-5-4-11(15)7-12(13)16/h2-7H,1H3. The molecule has 0 fully saturated rings. The fourth-order valence-electron chi connectivity index (χ4n) is 1.48. The fourth-order valence-corrected chi connectivity index (χ4v) is 2.19. The lowest BCUT2D eigenvalue weighted by Crippen LogP contribution is -1.90. The molecule has 0 bridgehead atoms. The Kier molecular flexibility index (Phi) is 3.90. The first-order valence-electron chi connectivity index (χ1n) is 5.24. The summed E-state index contributed by atoms with van der Waals surface area (Å²) < 4.78 is 6.57. The predicted octanol–water partition coefficient (Wildman–Crippen LogP) is 5.07. The van der Waals surface area contributed by atoms with E-state index >= 15 is 0 Å². The largest absolute Gasteiger partial charge is 0.454 e. The molecule has 2 aromatic carbocycles. The van der Waals surface area contributed by atoms with Gasteiger partial charge in [-0.05, 0) is 42.8 Å². The quantitative estimate of drug-likeness (QED) is 0.773. The highest BCUT2D eigenvalue weighted by Gasteiger charge is 2.08. The predicted molar refractivity (Wildman–Crippen MR) is 75.1 cm³/mol. The molecule has 2 rings (SSSR count). The molecule has 0 aromatic heterocycles. The number of benzene rings is 2. The molecule has 0 amide bonds. The minimum atomic E-state index is 0.486. The molecule has 4 heteroatoms. The second-order valence-corrected chi connectivity index (χ2v) is 5.11. The van der Waals surface area contributed by atoms with Gasteiger partial charge in [-0.15, -0.1) is 0 Å². The van der Waals surface area contributed by atoms with E-state index in [1.54, 1.807) is 18.2 Å². The van der Waals surface area contributed by atoms with Crippen molar-refractivity contribution in [3.63, 3.8) is 0 Å². The van der Waals surface area contributed by atoms with Crippen LogP contribution in [-0.4, -0.2) is 0 Å². The topological polar surface area (TPSA) is 33.0 Å². The van der Waals surface area contributed by atoms with Crippen molar-refractivity contribution in [2.75, 3.05) is 0 Å². The Labute approximate surface area is 119 Å². The number of hydrogen-bond acceptors (Lipinski definition) is 2. The molecule has 0 spiro atoms. The zero-order valence-electron chi connectivity index (χ0n) is 9.58. The molecule has 2 aromatic rings. The molecule has 18 heavy (non-hydrogen) atoms. The second-order valence-electron chi connectivity index (χ2n) is 3.79. The Morgan fingerprint density at radius 1 is 1.17 bits per heavy atom. The maximum atomic E-state index is 9.03. The van der Waals surface area contributed by atoms with Crippen molar-refractivity contribution in [2.24, 2.45) is 0 Å². The average Bonchev–Trinajstić information content (AvgIpc) is 2.33. The van der Waals surface area contributed by atoms with Gasteiger partial charge in [0.15, 0.2) is 0 Å². The van der Waals surface area contributed by atoms with Gasteiger partial charge in [0.2, 0.25) is 0 Å². The molecule has 0 N–H and O–H groups in total. The summed E-state index contributed by atoms with van der Waals surface area (Å²) in [6, 6.07) is 12.9. The van der Waals surface area contributed by atoms with Crippen molar-refractivity contribution in [3.05, 3.63) is 57.0 Å². The highest BCUT2D eigenvalue weighted by Crippen LogP contribution is 2.33. The Hall–Kier alpha value is -1.50. The van der Waals surface area contributed by atoms with Gasteiger partial charge < -0.3 is 4.74 Å². The van der Waals surface area contributed by atoms with E-state index in [0.29, 0.717) is 22.1 Å². The van der Waals surface area contributed by atoms with Gasteiger partial charge in [-0.2, -0.15) is 5.26 Å². The number of ether oxygens (including phenoxy) is 1. The third kappa shape index (κ3) is 2.84. The van der Waals surface area contributed by atoms with E-state index in [9.17, 15) is 0 Å². The molecule has 0 radical (unpaired) electrons. The van der Waals surface area contributed by atoms with Crippen LogP contribution in [0.1, 0.15) is 11.1 Å². The highest BCUT2D eigenvalue weighted by atomic mass is 79.9. The van der Waals surface area contributed by atoms with Crippen molar-refractivity contribution in [3.8, 4) is 17.6 Å². The molecule has 0 saturated heterocycles. The average molecular weight is 323 g/mol. The van der Waals surface area contributed by atoms with Crippen molar-refractivity contribution in [2.45, 2.75) is 6.92 Å². The van der Waals surface area contributed by atoms with Crippen molar-refractivity contribution in [1.29, 1.82) is 5.26 Å². The van der Waals surface area contributed by atoms with Gasteiger partial charge in [-0.3, -0.25) is 0 Å². The maximum absolute atomic E-state index is 9.03. The number of hydrogen-bond donors (Lipinski definition) is 0. The lowest BCUT2D eigenvalue weighted by atomic mass is 10.1. The smallest absolute Gasteiger partial charge is 0.146 e. The summed E-state index contributed by atoms with van der Waals surface area (Å²) in [6.07, 6.45) is 0. The van der Waals surface area contributed by atoms with Gasteiger partial charge in [-0.1, -0.05) is 33.6 Å². The van der Waals surface area contributed by atoms with Gasteiger partial charge in [0, 0.05) is 4.47 Å². The highest BCUT2D eigenvalue weighted by molar-refractivity contribution is 9.10. The first-order valence-corrected chi connectivity index (χ1v) is 6.41. The van der Waals surface area contributed by atoms with Crippen LogP contribution >= 0.6 is 27.5 Å². The van der Waals surface area contributed by atoms with Crippen LogP contribution in [0.2, 0.25) is 5.02 Å². The molecule has 0 atom stereocenters. The summed E-state index contributed by atoms with van der Waals surface area (Å²) in [5.41, 5.74) is 1.51. The van der Waals surface area contributed by atoms with Gasteiger partial charge >= 0.3 is 0 Å². The third-order valence-corrected chi connectivity index (χ3v) is 3.16. The minimum absolute atomic E-state index is 0.486. The monoisotopic (exact) mass is 321 g/mol. The van der Waals surface area contributed by atoms with Crippen LogP contribution in [0, 0.1) is 18.3 Å². The Morgan fingerprint density at radius 2 is 1.94 bits per heavy atom. The van der Waals surface area contributed by atoms with E-state index in [0.717, 1.165) is 10.0 Å². The SMILES string of the molecule is Cc1ccc(C#N)c(Oc2ccc(Br)cc2Cl)c1. The zero-order valence-corrected chi connectivity index (χ0v) is 11.9. The fraction of sp³-hybridized carbons (Fsp3) is 0.0714. The van der Waals surface area contributed by atoms with Crippen LogP contribution in [-0.2, 0) is 0 Å². The second kappa shape index (κ2) is 5.43. The van der Waals surface area contributed by atoms with Crippen LogP contribution < -0.4 is 4.74 Å². The maximum Gasteiger partial charge on any atom is 0.146 e. The molecule has 0 aliphatic carbocycles. The van der Waals surface area contributed by atoms with E-state index in [2.05, 4.69) is 22.0 Å². The summed E-state index contributed by atoms with van der Waals surface area (Å²) in [6.45, 7) is 1.94. The Bertz CT molecular complexity index is 634. The van der Waals surface area contributed by atoms with Crippen LogP contribution in [0.15, 0.2) is 40.9 Å². The van der Waals surface area contributed by atoms with Gasteiger partial charge in [-0.25, -0.2) is 0 Å². The number of aryl methyl sites for hydroxylation is 1. The molecule has 0 heterocycles. The molecule has 0 saturated carbocycles. The molecule has 90 valence electrons. The van der Waals surface area contributed by atoms with E-state index in [1.807, 2.05) is 25.1 Å². The van der Waals surface area contributed by atoms with Gasteiger partial charge in [0.1, 0.15) is 17.6 Å². The molecular formula is C14H9BrClNO. The first-order chi connectivity index (χ1) is 8.60. The number of halogens is 2. The molecule has 2 nitrogen and oxygen atoms in total. The molecule has 0 aliphatic rings. The van der Waals surface area contributed by atoms with Crippen molar-refractivity contribution < 1.29 is 4.74 Å². The lowest BCUT2D eigenvalue weighted by Gasteiger charge is -2.09. The van der Waals surface area contributed by atoms with Gasteiger partial charge in [0.05, 0.1) is 10.6 Å². The Morgan fingerprint density at radius 3 is 2.61 bits per heavy atom. The van der Waals surface area contributed by atoms with E-state index < -0.39 is 0 Å².